The maximum absolute atomic E-state index is 11.9. The van der Waals surface area contributed by atoms with Crippen LogP contribution in [-0.4, -0.2) is 40.2 Å². The van der Waals surface area contributed by atoms with Gasteiger partial charge in [-0.15, -0.1) is 0 Å². The second-order valence-electron chi connectivity index (χ2n) is 8.01. The number of hydrogen-bond acceptors (Lipinski definition) is 7. The quantitative estimate of drug-likeness (QED) is 0.413. The van der Waals surface area contributed by atoms with E-state index >= 15 is 0 Å². The Bertz CT molecular complexity index is 1150. The highest BCUT2D eigenvalue weighted by molar-refractivity contribution is 6.58. The van der Waals surface area contributed by atoms with Gasteiger partial charge in [0.2, 0.25) is 5.91 Å². The van der Waals surface area contributed by atoms with Gasteiger partial charge in [-0.1, -0.05) is 43.3 Å². The standard InChI is InChI=1S/C23H25BN4O4/c1-13-9-18-16(7-4-8-17(18)21(25)29)20(13)23-27-12-19(32-2)22(28-23)26-11-14-5-3-6-15(10-14)24(30)31/h3-8,10,12-13,20,30-31H,9,11H2,1-2H3,(H2,25,29)(H,26,27,28). The predicted molar refractivity (Wildman–Crippen MR) is 122 cm³/mol. The minimum absolute atomic E-state index is 0.0661. The van der Waals surface area contributed by atoms with Crippen molar-refractivity contribution in [1.82, 2.24) is 9.97 Å². The average molecular weight is 432 g/mol. The number of carbonyl (C=O) groups is 1. The van der Waals surface area contributed by atoms with Crippen LogP contribution in [0.25, 0.3) is 0 Å². The summed E-state index contributed by atoms with van der Waals surface area (Å²) in [6.45, 7) is 2.53. The van der Waals surface area contributed by atoms with Crippen molar-refractivity contribution in [2.75, 3.05) is 12.4 Å². The number of aromatic nitrogens is 2. The number of nitrogens with one attached hydrogen (secondary N) is 1. The maximum atomic E-state index is 11.9. The number of amides is 1. The summed E-state index contributed by atoms with van der Waals surface area (Å²) in [4.78, 5) is 21.2. The molecule has 9 heteroatoms. The Hall–Kier alpha value is -3.43. The zero-order valence-corrected chi connectivity index (χ0v) is 17.9. The molecule has 1 amide bonds. The summed E-state index contributed by atoms with van der Waals surface area (Å²) >= 11 is 0. The number of fused-ring (bicyclic) bond motifs is 1. The smallest absolute Gasteiger partial charge is 0.488 e. The van der Waals surface area contributed by atoms with Gasteiger partial charge in [0.05, 0.1) is 13.3 Å². The Balaban J connectivity index is 1.64. The van der Waals surface area contributed by atoms with Crippen molar-refractivity contribution >= 4 is 24.3 Å². The number of rotatable bonds is 7. The molecule has 0 fully saturated rings. The summed E-state index contributed by atoms with van der Waals surface area (Å²) in [5.41, 5.74) is 9.39. The van der Waals surface area contributed by atoms with Gasteiger partial charge in [-0.2, -0.15) is 0 Å². The molecule has 3 aromatic rings. The first-order chi connectivity index (χ1) is 15.4. The fourth-order valence-electron chi connectivity index (χ4n) is 4.35. The number of primary amides is 1. The summed E-state index contributed by atoms with van der Waals surface area (Å²) in [6.07, 6.45) is 2.37. The van der Waals surface area contributed by atoms with Gasteiger partial charge in [-0.3, -0.25) is 4.79 Å². The van der Waals surface area contributed by atoms with E-state index in [2.05, 4.69) is 17.2 Å². The monoisotopic (exact) mass is 432 g/mol. The van der Waals surface area contributed by atoms with Crippen molar-refractivity contribution in [1.29, 1.82) is 0 Å². The summed E-state index contributed by atoms with van der Waals surface area (Å²) in [6, 6.07) is 12.6. The van der Waals surface area contributed by atoms with Crippen LogP contribution in [0.15, 0.2) is 48.7 Å². The zero-order chi connectivity index (χ0) is 22.8. The fourth-order valence-corrected chi connectivity index (χ4v) is 4.35. The van der Waals surface area contributed by atoms with Gasteiger partial charge < -0.3 is 25.8 Å². The fraction of sp³-hybridized carbons (Fsp3) is 0.261. The predicted octanol–water partition coefficient (Wildman–Crippen LogP) is 1.20. The number of nitrogens with zero attached hydrogens (tertiary/aromatic N) is 2. The number of benzene rings is 2. The highest BCUT2D eigenvalue weighted by atomic mass is 16.5. The van der Waals surface area contributed by atoms with Gasteiger partial charge in [0, 0.05) is 18.0 Å². The van der Waals surface area contributed by atoms with Crippen LogP contribution < -0.4 is 21.3 Å². The maximum Gasteiger partial charge on any atom is 0.488 e. The van der Waals surface area contributed by atoms with E-state index in [-0.39, 0.29) is 11.8 Å². The molecule has 1 heterocycles. The van der Waals surface area contributed by atoms with Crippen molar-refractivity contribution in [2.45, 2.75) is 25.8 Å². The molecule has 1 aliphatic carbocycles. The molecule has 8 nitrogen and oxygen atoms in total. The van der Waals surface area contributed by atoms with Crippen LogP contribution in [0.4, 0.5) is 5.82 Å². The van der Waals surface area contributed by atoms with E-state index in [1.54, 1.807) is 37.6 Å². The van der Waals surface area contributed by atoms with Crippen molar-refractivity contribution in [3.8, 4) is 5.75 Å². The van der Waals surface area contributed by atoms with Crippen LogP contribution in [0.5, 0.6) is 5.75 Å². The van der Waals surface area contributed by atoms with Gasteiger partial charge in [0.1, 0.15) is 5.82 Å². The van der Waals surface area contributed by atoms with Crippen LogP contribution in [0, 0.1) is 5.92 Å². The van der Waals surface area contributed by atoms with Gasteiger partial charge in [-0.05, 0) is 40.6 Å². The summed E-state index contributed by atoms with van der Waals surface area (Å²) < 4.78 is 5.43. The molecular weight excluding hydrogens is 407 g/mol. The van der Waals surface area contributed by atoms with Crippen LogP contribution >= 0.6 is 0 Å². The van der Waals surface area contributed by atoms with E-state index in [1.165, 1.54) is 0 Å². The van der Waals surface area contributed by atoms with Crippen molar-refractivity contribution in [3.05, 3.63) is 76.7 Å². The largest absolute Gasteiger partial charge is 0.491 e. The molecule has 1 aromatic heterocycles. The van der Waals surface area contributed by atoms with Crippen LogP contribution in [0.1, 0.15) is 45.7 Å². The highest BCUT2D eigenvalue weighted by Crippen LogP contribution is 2.43. The Morgan fingerprint density at radius 3 is 2.78 bits per heavy atom. The van der Waals surface area contributed by atoms with Gasteiger partial charge in [0.25, 0.3) is 0 Å². The first-order valence-corrected chi connectivity index (χ1v) is 10.4. The molecule has 0 saturated carbocycles. The normalized spacial score (nSPS) is 17.0. The molecule has 0 radical (unpaired) electrons. The molecule has 1 aliphatic rings. The molecule has 2 atom stereocenters. The van der Waals surface area contributed by atoms with E-state index < -0.39 is 13.0 Å². The topological polar surface area (TPSA) is 131 Å². The average Bonchev–Trinajstić information content (AvgIpc) is 3.13. The molecule has 0 saturated heterocycles. The Kier molecular flexibility index (Phi) is 6.11. The molecule has 4 rings (SSSR count). The SMILES string of the molecule is COc1cnc(C2c3cccc(C(N)=O)c3CC2C)nc1NCc1cccc(B(O)O)c1. The first kappa shape index (κ1) is 21.8. The molecule has 2 unspecified atom stereocenters. The molecule has 5 N–H and O–H groups in total. The van der Waals surface area contributed by atoms with Crippen molar-refractivity contribution in [2.24, 2.45) is 11.7 Å². The minimum Gasteiger partial charge on any atom is -0.491 e. The van der Waals surface area contributed by atoms with Crippen molar-refractivity contribution in [3.63, 3.8) is 0 Å². The van der Waals surface area contributed by atoms with E-state index in [9.17, 15) is 14.8 Å². The number of anilines is 1. The van der Waals surface area contributed by atoms with E-state index in [4.69, 9.17) is 15.5 Å². The first-order valence-electron chi connectivity index (χ1n) is 10.4. The molecule has 0 aliphatic heterocycles. The third kappa shape index (κ3) is 4.17. The Morgan fingerprint density at radius 1 is 1.28 bits per heavy atom. The van der Waals surface area contributed by atoms with Crippen LogP contribution in [0.3, 0.4) is 0 Å². The number of nitrogens with two attached hydrogens (primary N) is 1. The number of hydrogen-bond donors (Lipinski definition) is 4. The van der Waals surface area contributed by atoms with Crippen LogP contribution in [0.2, 0.25) is 0 Å². The van der Waals surface area contributed by atoms with E-state index in [0.717, 1.165) is 23.1 Å². The van der Waals surface area contributed by atoms with E-state index in [1.807, 2.05) is 18.2 Å². The summed E-state index contributed by atoms with van der Waals surface area (Å²) in [5, 5.41) is 22.1. The second-order valence-corrected chi connectivity index (χ2v) is 8.01. The highest BCUT2D eigenvalue weighted by Gasteiger charge is 2.35. The molecule has 0 spiro atoms. The third-order valence-electron chi connectivity index (χ3n) is 5.89. The molecule has 0 bridgehead atoms. The number of ether oxygens (including phenoxy) is 1. The van der Waals surface area contributed by atoms with Gasteiger partial charge in [-0.25, -0.2) is 9.97 Å². The molecular formula is C23H25BN4O4. The lowest BCUT2D eigenvalue weighted by atomic mass is 9.80. The van der Waals surface area contributed by atoms with Gasteiger partial charge in [0.15, 0.2) is 11.6 Å². The van der Waals surface area contributed by atoms with E-state index in [0.29, 0.717) is 35.0 Å². The van der Waals surface area contributed by atoms with Crippen molar-refractivity contribution < 1.29 is 19.6 Å². The molecule has 2 aromatic carbocycles. The Labute approximate surface area is 186 Å². The molecule has 164 valence electrons. The lowest BCUT2D eigenvalue weighted by Crippen LogP contribution is -2.30. The lowest BCUT2D eigenvalue weighted by molar-refractivity contribution is 0.0999. The number of carbonyl (C=O) groups excluding carboxylic acids is 1. The van der Waals surface area contributed by atoms with Crippen LogP contribution in [-0.2, 0) is 13.0 Å². The second kappa shape index (κ2) is 8.98. The number of methoxy groups -OCH3 is 1. The third-order valence-corrected chi connectivity index (χ3v) is 5.89. The Morgan fingerprint density at radius 2 is 2.06 bits per heavy atom. The lowest BCUT2D eigenvalue weighted by Gasteiger charge is -2.18. The summed E-state index contributed by atoms with van der Waals surface area (Å²) in [5.74, 6) is 1.39. The zero-order valence-electron chi connectivity index (χ0n) is 17.9. The minimum atomic E-state index is -1.52. The van der Waals surface area contributed by atoms with Gasteiger partial charge >= 0.3 is 7.12 Å². The summed E-state index contributed by atoms with van der Waals surface area (Å²) in [7, 11) is 0.0307. The molecule has 32 heavy (non-hydrogen) atoms.